The zero-order valence-electron chi connectivity index (χ0n) is 7.32. The summed E-state index contributed by atoms with van der Waals surface area (Å²) in [5, 5.41) is 3.22. The molecule has 1 nitrogen and oxygen atoms in total. The molecule has 13 heavy (non-hydrogen) atoms. The van der Waals surface area contributed by atoms with Crippen LogP contribution in [0.4, 0.5) is 4.39 Å². The summed E-state index contributed by atoms with van der Waals surface area (Å²) in [6.45, 7) is 1.66. The minimum Gasteiger partial charge on any atom is -0.379 e. The standard InChI is InChI=1S/C9H9ClFNS/c1-5-3-7(10)6(4-8(5)11)9(13)12-2/h3-4H,1-2H3,(H,12,13). The first kappa shape index (κ1) is 10.4. The molecule has 1 aromatic rings. The van der Waals surface area contributed by atoms with E-state index in [1.807, 2.05) is 0 Å². The van der Waals surface area contributed by atoms with Gasteiger partial charge in [-0.25, -0.2) is 4.39 Å². The Morgan fingerprint density at radius 2 is 2.15 bits per heavy atom. The third kappa shape index (κ3) is 2.17. The maximum Gasteiger partial charge on any atom is 0.126 e. The van der Waals surface area contributed by atoms with Crippen LogP contribution in [0, 0.1) is 12.7 Å². The van der Waals surface area contributed by atoms with E-state index in [1.54, 1.807) is 20.0 Å². The predicted octanol–water partition coefficient (Wildman–Crippen LogP) is 2.68. The average Bonchev–Trinajstić information content (AvgIpc) is 2.10. The molecule has 1 rings (SSSR count). The quantitative estimate of drug-likeness (QED) is 0.726. The molecule has 1 aromatic carbocycles. The molecule has 0 heterocycles. The van der Waals surface area contributed by atoms with Gasteiger partial charge in [-0.15, -0.1) is 0 Å². The molecule has 1 N–H and O–H groups in total. The first-order chi connectivity index (χ1) is 6.06. The van der Waals surface area contributed by atoms with E-state index in [1.165, 1.54) is 6.07 Å². The van der Waals surface area contributed by atoms with Gasteiger partial charge in [0, 0.05) is 12.6 Å². The highest BCUT2D eigenvalue weighted by molar-refractivity contribution is 7.80. The second-order valence-corrected chi connectivity index (χ2v) is 3.48. The first-order valence-corrected chi connectivity index (χ1v) is 4.52. The molecule has 0 saturated heterocycles. The van der Waals surface area contributed by atoms with Gasteiger partial charge in [0.1, 0.15) is 10.8 Å². The fraction of sp³-hybridized carbons (Fsp3) is 0.222. The number of thiocarbonyl (C=S) groups is 1. The van der Waals surface area contributed by atoms with Gasteiger partial charge in [-0.3, -0.25) is 0 Å². The zero-order chi connectivity index (χ0) is 10.0. The highest BCUT2D eigenvalue weighted by atomic mass is 35.5. The number of hydrogen-bond acceptors (Lipinski definition) is 1. The highest BCUT2D eigenvalue weighted by Gasteiger charge is 2.08. The van der Waals surface area contributed by atoms with E-state index >= 15 is 0 Å². The van der Waals surface area contributed by atoms with Crippen molar-refractivity contribution in [1.82, 2.24) is 5.32 Å². The molecule has 0 unspecified atom stereocenters. The van der Waals surface area contributed by atoms with Crippen LogP contribution in [0.3, 0.4) is 0 Å². The van der Waals surface area contributed by atoms with Crippen molar-refractivity contribution < 1.29 is 4.39 Å². The average molecular weight is 218 g/mol. The summed E-state index contributed by atoms with van der Waals surface area (Å²) in [6, 6.07) is 2.91. The topological polar surface area (TPSA) is 12.0 Å². The van der Waals surface area contributed by atoms with Gasteiger partial charge in [-0.1, -0.05) is 23.8 Å². The second-order valence-electron chi connectivity index (χ2n) is 2.66. The van der Waals surface area contributed by atoms with Crippen molar-refractivity contribution in [1.29, 1.82) is 0 Å². The van der Waals surface area contributed by atoms with E-state index in [-0.39, 0.29) is 5.82 Å². The van der Waals surface area contributed by atoms with Gasteiger partial charge in [0.05, 0.1) is 5.02 Å². The van der Waals surface area contributed by atoms with Crippen LogP contribution >= 0.6 is 23.8 Å². The van der Waals surface area contributed by atoms with Crippen molar-refractivity contribution in [3.05, 3.63) is 34.1 Å². The molecule has 70 valence electrons. The number of nitrogens with one attached hydrogen (secondary N) is 1. The van der Waals surface area contributed by atoms with Crippen molar-refractivity contribution in [2.24, 2.45) is 0 Å². The number of hydrogen-bond donors (Lipinski definition) is 1. The van der Waals surface area contributed by atoms with Crippen molar-refractivity contribution in [3.63, 3.8) is 0 Å². The first-order valence-electron chi connectivity index (χ1n) is 3.74. The molecule has 0 aromatic heterocycles. The summed E-state index contributed by atoms with van der Waals surface area (Å²) >= 11 is 10.8. The van der Waals surface area contributed by atoms with Crippen LogP contribution in [0.15, 0.2) is 12.1 Å². The Balaban J connectivity index is 3.23. The lowest BCUT2D eigenvalue weighted by molar-refractivity contribution is 0.618. The van der Waals surface area contributed by atoms with Crippen molar-refractivity contribution in [2.75, 3.05) is 7.05 Å². The third-order valence-electron chi connectivity index (χ3n) is 1.72. The lowest BCUT2D eigenvalue weighted by Crippen LogP contribution is -2.17. The molecule has 0 bridgehead atoms. The maximum absolute atomic E-state index is 13.1. The SMILES string of the molecule is CNC(=S)c1cc(F)c(C)cc1Cl. The van der Waals surface area contributed by atoms with Crippen LogP contribution in [0.5, 0.6) is 0 Å². The summed E-state index contributed by atoms with van der Waals surface area (Å²) in [4.78, 5) is 0.448. The number of benzene rings is 1. The monoisotopic (exact) mass is 217 g/mol. The van der Waals surface area contributed by atoms with E-state index < -0.39 is 0 Å². The second kappa shape index (κ2) is 4.03. The van der Waals surface area contributed by atoms with Crippen LogP contribution in [0.1, 0.15) is 11.1 Å². The van der Waals surface area contributed by atoms with Crippen LogP contribution < -0.4 is 5.32 Å². The summed E-state index contributed by atoms with van der Waals surface area (Å²) in [5.41, 5.74) is 1.05. The van der Waals surface area contributed by atoms with E-state index in [2.05, 4.69) is 5.32 Å². The Morgan fingerprint density at radius 1 is 1.54 bits per heavy atom. The van der Waals surface area contributed by atoms with Crippen LogP contribution in [-0.4, -0.2) is 12.0 Å². The van der Waals surface area contributed by atoms with Gasteiger partial charge in [0.25, 0.3) is 0 Å². The summed E-state index contributed by atoms with van der Waals surface area (Å²) < 4.78 is 13.1. The number of aryl methyl sites for hydroxylation is 1. The van der Waals surface area contributed by atoms with E-state index in [0.29, 0.717) is 21.1 Å². The largest absolute Gasteiger partial charge is 0.379 e. The van der Waals surface area contributed by atoms with E-state index in [0.717, 1.165) is 0 Å². The molecular weight excluding hydrogens is 209 g/mol. The molecule has 0 fully saturated rings. The molecule has 4 heteroatoms. The van der Waals surface area contributed by atoms with Gasteiger partial charge in [-0.2, -0.15) is 0 Å². The normalized spacial score (nSPS) is 9.85. The Bertz CT molecular complexity index is 352. The van der Waals surface area contributed by atoms with Crippen molar-refractivity contribution >= 4 is 28.8 Å². The maximum atomic E-state index is 13.1. The Kier molecular flexibility index (Phi) is 3.22. The summed E-state index contributed by atoms with van der Waals surface area (Å²) in [7, 11) is 1.68. The third-order valence-corrected chi connectivity index (χ3v) is 2.46. The van der Waals surface area contributed by atoms with E-state index in [9.17, 15) is 4.39 Å². The fourth-order valence-corrected chi connectivity index (χ4v) is 1.49. The molecule has 0 radical (unpaired) electrons. The van der Waals surface area contributed by atoms with Gasteiger partial charge >= 0.3 is 0 Å². The lowest BCUT2D eigenvalue weighted by atomic mass is 10.1. The molecule has 0 spiro atoms. The zero-order valence-corrected chi connectivity index (χ0v) is 8.89. The highest BCUT2D eigenvalue weighted by Crippen LogP contribution is 2.20. The van der Waals surface area contributed by atoms with Gasteiger partial charge in [0.15, 0.2) is 0 Å². The molecule has 0 amide bonds. The number of halogens is 2. The van der Waals surface area contributed by atoms with E-state index in [4.69, 9.17) is 23.8 Å². The molecular formula is C9H9ClFNS. The molecule has 0 aliphatic heterocycles. The Labute approximate surface area is 86.9 Å². The van der Waals surface area contributed by atoms with Crippen molar-refractivity contribution in [2.45, 2.75) is 6.92 Å². The van der Waals surface area contributed by atoms with Crippen LogP contribution in [0.25, 0.3) is 0 Å². The molecule has 0 atom stereocenters. The summed E-state index contributed by atoms with van der Waals surface area (Å²) in [5.74, 6) is -0.294. The van der Waals surface area contributed by atoms with Crippen LogP contribution in [0.2, 0.25) is 5.02 Å². The number of rotatable bonds is 1. The predicted molar refractivity (Wildman–Crippen MR) is 56.9 cm³/mol. The van der Waals surface area contributed by atoms with Gasteiger partial charge < -0.3 is 5.32 Å². The minimum atomic E-state index is -0.294. The smallest absolute Gasteiger partial charge is 0.126 e. The van der Waals surface area contributed by atoms with Crippen LogP contribution in [-0.2, 0) is 0 Å². The lowest BCUT2D eigenvalue weighted by Gasteiger charge is -2.06. The Morgan fingerprint density at radius 3 is 2.69 bits per heavy atom. The van der Waals surface area contributed by atoms with Gasteiger partial charge in [-0.05, 0) is 24.6 Å². The summed E-state index contributed by atoms with van der Waals surface area (Å²) in [6.07, 6.45) is 0. The molecule has 0 saturated carbocycles. The van der Waals surface area contributed by atoms with Crippen molar-refractivity contribution in [3.8, 4) is 0 Å². The fourth-order valence-electron chi connectivity index (χ4n) is 0.955. The molecule has 0 aliphatic carbocycles. The molecule has 0 aliphatic rings. The Hall–Kier alpha value is -0.670. The van der Waals surface area contributed by atoms with Gasteiger partial charge in [0.2, 0.25) is 0 Å². The minimum absolute atomic E-state index is 0.294.